The standard InChI is InChI=1S/C60H40N2/c1-2-20-49(21-3-1)62-57-27-11-10-25-56(57)60-58(62)40-47-17-7-9-24-55(47)59(60)48-19-12-22-51(39-48)61(52-37-34-41-14-4-5-16-46(41)38-52)50-35-32-43(33-36-50)42-28-30-45(31-29-42)54-26-13-18-44-15-6-8-23-53(44)54/h1-40H. The number of anilines is 3. The van der Waals surface area contributed by atoms with E-state index in [1.807, 2.05) is 0 Å². The molecule has 2 heteroatoms. The quantitative estimate of drug-likeness (QED) is 0.156. The maximum absolute atomic E-state index is 2.42. The topological polar surface area (TPSA) is 8.17 Å². The zero-order valence-corrected chi connectivity index (χ0v) is 34.0. The summed E-state index contributed by atoms with van der Waals surface area (Å²) in [6.07, 6.45) is 0. The van der Waals surface area contributed by atoms with Gasteiger partial charge in [-0.3, -0.25) is 0 Å². The van der Waals surface area contributed by atoms with Gasteiger partial charge in [-0.25, -0.2) is 0 Å². The number of hydrogen-bond donors (Lipinski definition) is 0. The van der Waals surface area contributed by atoms with Crippen molar-refractivity contribution in [2.24, 2.45) is 0 Å². The molecule has 0 fully saturated rings. The molecule has 0 aliphatic carbocycles. The molecule has 0 aliphatic heterocycles. The maximum Gasteiger partial charge on any atom is 0.0553 e. The average molecular weight is 789 g/mol. The second-order valence-corrected chi connectivity index (χ2v) is 16.1. The normalized spacial score (nSPS) is 11.5. The van der Waals surface area contributed by atoms with Crippen LogP contribution in [0.5, 0.6) is 0 Å². The van der Waals surface area contributed by atoms with Crippen LogP contribution in [0.1, 0.15) is 0 Å². The van der Waals surface area contributed by atoms with E-state index in [1.165, 1.54) is 87.5 Å². The van der Waals surface area contributed by atoms with Gasteiger partial charge in [0.05, 0.1) is 11.0 Å². The fraction of sp³-hybridized carbons (Fsp3) is 0. The highest BCUT2D eigenvalue weighted by Gasteiger charge is 2.21. The first kappa shape index (κ1) is 35.7. The molecule has 1 heterocycles. The molecule has 0 bridgehead atoms. The van der Waals surface area contributed by atoms with E-state index in [0.29, 0.717) is 0 Å². The van der Waals surface area contributed by atoms with Gasteiger partial charge in [-0.05, 0) is 126 Å². The van der Waals surface area contributed by atoms with E-state index in [1.54, 1.807) is 0 Å². The van der Waals surface area contributed by atoms with Crippen LogP contribution in [0.3, 0.4) is 0 Å². The number of rotatable bonds is 7. The predicted octanol–water partition coefficient (Wildman–Crippen LogP) is 16.7. The SMILES string of the molecule is c1ccc(-n2c3ccccc3c3c(-c4cccc(N(c5ccc(-c6ccc(-c7cccc8ccccc78)cc6)cc5)c5ccc6ccccc6c5)c4)c4ccccc4cc32)cc1. The third-order valence-electron chi connectivity index (χ3n) is 12.5. The number of nitrogens with zero attached hydrogens (tertiary/aromatic N) is 2. The van der Waals surface area contributed by atoms with Crippen molar-refractivity contribution < 1.29 is 0 Å². The Morgan fingerprint density at radius 3 is 1.68 bits per heavy atom. The number of aromatic nitrogens is 1. The molecular weight excluding hydrogens is 749 g/mol. The van der Waals surface area contributed by atoms with Crippen LogP contribution < -0.4 is 4.90 Å². The van der Waals surface area contributed by atoms with Crippen LogP contribution in [0.15, 0.2) is 243 Å². The molecule has 290 valence electrons. The number of fused-ring (bicyclic) bond motifs is 6. The van der Waals surface area contributed by atoms with Crippen molar-refractivity contribution in [2.45, 2.75) is 0 Å². The van der Waals surface area contributed by atoms with Crippen LogP contribution in [0.25, 0.3) is 93.2 Å². The molecule has 12 rings (SSSR count). The van der Waals surface area contributed by atoms with Crippen LogP contribution in [-0.2, 0) is 0 Å². The first-order valence-corrected chi connectivity index (χ1v) is 21.3. The summed E-state index contributed by atoms with van der Waals surface area (Å²) in [5.74, 6) is 0. The Morgan fingerprint density at radius 1 is 0.290 bits per heavy atom. The van der Waals surface area contributed by atoms with Crippen LogP contribution in [0, 0.1) is 0 Å². The van der Waals surface area contributed by atoms with E-state index in [9.17, 15) is 0 Å². The molecule has 0 N–H and O–H groups in total. The second kappa shape index (κ2) is 14.8. The molecule has 2 nitrogen and oxygen atoms in total. The smallest absolute Gasteiger partial charge is 0.0553 e. The van der Waals surface area contributed by atoms with Crippen molar-refractivity contribution in [1.82, 2.24) is 4.57 Å². The summed E-state index contributed by atoms with van der Waals surface area (Å²) in [5.41, 5.74) is 14.1. The van der Waals surface area contributed by atoms with Crippen molar-refractivity contribution in [2.75, 3.05) is 4.90 Å². The molecule has 0 saturated heterocycles. The lowest BCUT2D eigenvalue weighted by Crippen LogP contribution is -2.10. The first-order chi connectivity index (χ1) is 30.7. The Labute approximate surface area is 360 Å². The van der Waals surface area contributed by atoms with Gasteiger partial charge in [-0.1, -0.05) is 182 Å². The van der Waals surface area contributed by atoms with Crippen molar-refractivity contribution in [3.05, 3.63) is 243 Å². The van der Waals surface area contributed by atoms with Crippen molar-refractivity contribution in [3.63, 3.8) is 0 Å². The fourth-order valence-corrected chi connectivity index (χ4v) is 9.63. The molecule has 0 amide bonds. The molecule has 0 atom stereocenters. The molecule has 0 saturated carbocycles. The van der Waals surface area contributed by atoms with Crippen LogP contribution in [0.2, 0.25) is 0 Å². The molecule has 0 spiro atoms. The van der Waals surface area contributed by atoms with Gasteiger partial charge >= 0.3 is 0 Å². The van der Waals surface area contributed by atoms with Gasteiger partial charge in [0.1, 0.15) is 0 Å². The molecule has 0 unspecified atom stereocenters. The molecule has 12 aromatic rings. The maximum atomic E-state index is 2.42. The minimum Gasteiger partial charge on any atom is -0.310 e. The van der Waals surface area contributed by atoms with Gasteiger partial charge in [0.2, 0.25) is 0 Å². The van der Waals surface area contributed by atoms with Crippen molar-refractivity contribution >= 4 is 71.2 Å². The lowest BCUT2D eigenvalue weighted by molar-refractivity contribution is 1.18. The van der Waals surface area contributed by atoms with Gasteiger partial charge in [-0.15, -0.1) is 0 Å². The number of hydrogen-bond acceptors (Lipinski definition) is 1. The summed E-state index contributed by atoms with van der Waals surface area (Å²) in [7, 11) is 0. The third-order valence-corrected chi connectivity index (χ3v) is 12.5. The summed E-state index contributed by atoms with van der Waals surface area (Å²) in [6.45, 7) is 0. The Kier molecular flexibility index (Phi) is 8.53. The second-order valence-electron chi connectivity index (χ2n) is 16.1. The summed E-state index contributed by atoms with van der Waals surface area (Å²) < 4.78 is 2.42. The highest BCUT2D eigenvalue weighted by molar-refractivity contribution is 6.23. The summed E-state index contributed by atoms with van der Waals surface area (Å²) in [6, 6.07) is 88.5. The monoisotopic (exact) mass is 788 g/mol. The van der Waals surface area contributed by atoms with E-state index >= 15 is 0 Å². The number of para-hydroxylation sites is 2. The van der Waals surface area contributed by atoms with Gasteiger partial charge in [0.25, 0.3) is 0 Å². The van der Waals surface area contributed by atoms with Crippen molar-refractivity contribution in [3.8, 4) is 39.1 Å². The van der Waals surface area contributed by atoms with Crippen LogP contribution in [-0.4, -0.2) is 4.57 Å². The van der Waals surface area contributed by atoms with Gasteiger partial charge in [0, 0.05) is 33.5 Å². The molecule has 11 aromatic carbocycles. The fourth-order valence-electron chi connectivity index (χ4n) is 9.63. The minimum absolute atomic E-state index is 1.09. The van der Waals surface area contributed by atoms with Crippen molar-refractivity contribution in [1.29, 1.82) is 0 Å². The Hall–Kier alpha value is -8.20. The first-order valence-electron chi connectivity index (χ1n) is 21.3. The zero-order chi connectivity index (χ0) is 41.0. The molecule has 1 aromatic heterocycles. The van der Waals surface area contributed by atoms with E-state index < -0.39 is 0 Å². The third kappa shape index (κ3) is 6.04. The van der Waals surface area contributed by atoms with Gasteiger partial charge < -0.3 is 9.47 Å². The average Bonchev–Trinajstić information content (AvgIpc) is 3.67. The summed E-state index contributed by atoms with van der Waals surface area (Å²) in [4.78, 5) is 2.40. The highest BCUT2D eigenvalue weighted by Crippen LogP contribution is 2.45. The van der Waals surface area contributed by atoms with E-state index in [0.717, 1.165) is 22.7 Å². The molecule has 0 aliphatic rings. The molecule has 0 radical (unpaired) electrons. The van der Waals surface area contributed by atoms with Crippen LogP contribution in [0.4, 0.5) is 17.1 Å². The Bertz CT molecular complexity index is 3610. The van der Waals surface area contributed by atoms with E-state index in [2.05, 4.69) is 252 Å². The van der Waals surface area contributed by atoms with Gasteiger partial charge in [-0.2, -0.15) is 0 Å². The number of benzene rings is 11. The highest BCUT2D eigenvalue weighted by atomic mass is 15.1. The zero-order valence-electron chi connectivity index (χ0n) is 34.0. The van der Waals surface area contributed by atoms with Gasteiger partial charge in [0.15, 0.2) is 0 Å². The Morgan fingerprint density at radius 2 is 0.871 bits per heavy atom. The molecule has 62 heavy (non-hydrogen) atoms. The summed E-state index contributed by atoms with van der Waals surface area (Å²) in [5, 5.41) is 9.91. The minimum atomic E-state index is 1.09. The Balaban J connectivity index is 1.00. The van der Waals surface area contributed by atoms with E-state index in [4.69, 9.17) is 0 Å². The lowest BCUT2D eigenvalue weighted by atomic mass is 9.92. The largest absolute Gasteiger partial charge is 0.310 e. The lowest BCUT2D eigenvalue weighted by Gasteiger charge is -2.27. The molecular formula is C60H40N2. The van der Waals surface area contributed by atoms with E-state index in [-0.39, 0.29) is 0 Å². The predicted molar refractivity (Wildman–Crippen MR) is 264 cm³/mol. The van der Waals surface area contributed by atoms with Crippen LogP contribution >= 0.6 is 0 Å². The summed E-state index contributed by atoms with van der Waals surface area (Å²) >= 11 is 0.